The van der Waals surface area contributed by atoms with Crippen LogP contribution in [0.15, 0.2) is 18.2 Å². The standard InChI is InChI=1S/C12H16Cl2N2/c13-9-3-4-12(11(14)8-9)16-7-5-10-2-1-6-15-10/h3-4,8,10,15-16H,1-2,5-7H2. The van der Waals surface area contributed by atoms with E-state index in [4.69, 9.17) is 23.2 Å². The Kier molecular flexibility index (Phi) is 4.33. The minimum atomic E-state index is 0.665. The number of rotatable bonds is 4. The topological polar surface area (TPSA) is 24.1 Å². The summed E-state index contributed by atoms with van der Waals surface area (Å²) in [5, 5.41) is 8.17. The van der Waals surface area contributed by atoms with Crippen molar-refractivity contribution in [2.75, 3.05) is 18.4 Å². The minimum absolute atomic E-state index is 0.665. The molecule has 2 nitrogen and oxygen atoms in total. The van der Waals surface area contributed by atoms with Gasteiger partial charge in [-0.25, -0.2) is 0 Å². The third-order valence-corrected chi connectivity index (χ3v) is 3.45. The van der Waals surface area contributed by atoms with Crippen LogP contribution in [0.2, 0.25) is 10.0 Å². The molecule has 1 unspecified atom stereocenters. The lowest BCUT2D eigenvalue weighted by atomic mass is 10.1. The van der Waals surface area contributed by atoms with Gasteiger partial charge in [-0.1, -0.05) is 23.2 Å². The maximum Gasteiger partial charge on any atom is 0.0652 e. The molecule has 1 aliphatic rings. The molecule has 0 aromatic heterocycles. The first kappa shape index (κ1) is 12.0. The summed E-state index contributed by atoms with van der Waals surface area (Å²) in [7, 11) is 0. The molecule has 1 fully saturated rings. The lowest BCUT2D eigenvalue weighted by Gasteiger charge is -2.12. The van der Waals surface area contributed by atoms with Crippen LogP contribution >= 0.6 is 23.2 Å². The van der Waals surface area contributed by atoms with Gasteiger partial charge in [0, 0.05) is 17.6 Å². The zero-order valence-corrected chi connectivity index (χ0v) is 10.6. The van der Waals surface area contributed by atoms with Gasteiger partial charge in [0.1, 0.15) is 0 Å². The normalized spacial score (nSPS) is 20.0. The van der Waals surface area contributed by atoms with Gasteiger partial charge < -0.3 is 10.6 Å². The smallest absolute Gasteiger partial charge is 0.0652 e. The van der Waals surface area contributed by atoms with E-state index in [1.807, 2.05) is 12.1 Å². The zero-order chi connectivity index (χ0) is 11.4. The highest BCUT2D eigenvalue weighted by Gasteiger charge is 2.13. The number of benzene rings is 1. The molecule has 2 N–H and O–H groups in total. The molecule has 0 amide bonds. The fourth-order valence-electron chi connectivity index (χ4n) is 2.02. The van der Waals surface area contributed by atoms with Crippen molar-refractivity contribution in [1.29, 1.82) is 0 Å². The quantitative estimate of drug-likeness (QED) is 0.864. The molecule has 16 heavy (non-hydrogen) atoms. The summed E-state index contributed by atoms with van der Waals surface area (Å²) in [6.07, 6.45) is 3.72. The largest absolute Gasteiger partial charge is 0.384 e. The van der Waals surface area contributed by atoms with E-state index in [0.717, 1.165) is 25.2 Å². The van der Waals surface area contributed by atoms with E-state index in [-0.39, 0.29) is 0 Å². The predicted molar refractivity (Wildman–Crippen MR) is 70.6 cm³/mol. The van der Waals surface area contributed by atoms with Crippen LogP contribution in [0.4, 0.5) is 5.69 Å². The van der Waals surface area contributed by atoms with Crippen molar-refractivity contribution in [2.45, 2.75) is 25.3 Å². The first-order valence-electron chi connectivity index (χ1n) is 5.68. The molecule has 4 heteroatoms. The summed E-state index contributed by atoms with van der Waals surface area (Å²) in [6.45, 7) is 2.10. The summed E-state index contributed by atoms with van der Waals surface area (Å²) < 4.78 is 0. The maximum absolute atomic E-state index is 6.06. The number of hydrogen-bond donors (Lipinski definition) is 2. The molecular formula is C12H16Cl2N2. The van der Waals surface area contributed by atoms with Crippen LogP contribution in [-0.2, 0) is 0 Å². The Hall–Kier alpha value is -0.440. The van der Waals surface area contributed by atoms with E-state index in [0.29, 0.717) is 16.1 Å². The molecule has 0 aliphatic carbocycles. The molecule has 88 valence electrons. The van der Waals surface area contributed by atoms with E-state index in [1.165, 1.54) is 12.8 Å². The van der Waals surface area contributed by atoms with Crippen LogP contribution in [-0.4, -0.2) is 19.1 Å². The monoisotopic (exact) mass is 258 g/mol. The van der Waals surface area contributed by atoms with Gasteiger partial charge in [-0.3, -0.25) is 0 Å². The van der Waals surface area contributed by atoms with E-state index in [2.05, 4.69) is 10.6 Å². The number of anilines is 1. The van der Waals surface area contributed by atoms with Gasteiger partial charge >= 0.3 is 0 Å². The van der Waals surface area contributed by atoms with Crippen molar-refractivity contribution >= 4 is 28.9 Å². The lowest BCUT2D eigenvalue weighted by molar-refractivity contribution is 0.574. The second-order valence-corrected chi connectivity index (χ2v) is 4.98. The summed E-state index contributed by atoms with van der Waals surface area (Å²) in [6, 6.07) is 6.20. The third-order valence-electron chi connectivity index (χ3n) is 2.90. The van der Waals surface area contributed by atoms with Gasteiger partial charge in [-0.2, -0.15) is 0 Å². The molecule has 1 heterocycles. The Balaban J connectivity index is 1.80. The van der Waals surface area contributed by atoms with Gasteiger partial charge in [-0.05, 0) is 44.0 Å². The van der Waals surface area contributed by atoms with Gasteiger partial charge in [0.15, 0.2) is 0 Å². The van der Waals surface area contributed by atoms with Crippen molar-refractivity contribution in [1.82, 2.24) is 5.32 Å². The first-order chi connectivity index (χ1) is 7.75. The molecular weight excluding hydrogens is 243 g/mol. The molecule has 1 aliphatic heterocycles. The average molecular weight is 259 g/mol. The molecule has 0 spiro atoms. The number of nitrogens with one attached hydrogen (secondary N) is 2. The second-order valence-electron chi connectivity index (χ2n) is 4.13. The average Bonchev–Trinajstić information content (AvgIpc) is 2.74. The highest BCUT2D eigenvalue weighted by atomic mass is 35.5. The van der Waals surface area contributed by atoms with E-state index in [9.17, 15) is 0 Å². The highest BCUT2D eigenvalue weighted by molar-refractivity contribution is 6.36. The summed E-state index contributed by atoms with van der Waals surface area (Å²) in [5.41, 5.74) is 0.962. The van der Waals surface area contributed by atoms with Crippen LogP contribution in [0.3, 0.4) is 0 Å². The Morgan fingerprint density at radius 2 is 2.25 bits per heavy atom. The lowest BCUT2D eigenvalue weighted by Crippen LogP contribution is -2.24. The van der Waals surface area contributed by atoms with Gasteiger partial charge in [-0.15, -0.1) is 0 Å². The molecule has 0 radical (unpaired) electrons. The zero-order valence-electron chi connectivity index (χ0n) is 9.10. The van der Waals surface area contributed by atoms with Gasteiger partial charge in [0.25, 0.3) is 0 Å². The van der Waals surface area contributed by atoms with E-state index >= 15 is 0 Å². The third kappa shape index (κ3) is 3.27. The van der Waals surface area contributed by atoms with Crippen LogP contribution < -0.4 is 10.6 Å². The van der Waals surface area contributed by atoms with Crippen molar-refractivity contribution in [3.8, 4) is 0 Å². The number of halogens is 2. The van der Waals surface area contributed by atoms with Crippen LogP contribution in [0, 0.1) is 0 Å². The molecule has 0 bridgehead atoms. The SMILES string of the molecule is Clc1ccc(NCCC2CCCN2)c(Cl)c1. The molecule has 2 rings (SSSR count). The molecule has 0 saturated carbocycles. The van der Waals surface area contributed by atoms with Crippen molar-refractivity contribution in [3.63, 3.8) is 0 Å². The Morgan fingerprint density at radius 3 is 2.94 bits per heavy atom. The Morgan fingerprint density at radius 1 is 1.38 bits per heavy atom. The first-order valence-corrected chi connectivity index (χ1v) is 6.43. The van der Waals surface area contributed by atoms with Gasteiger partial charge in [0.05, 0.1) is 10.7 Å². The molecule has 1 saturated heterocycles. The van der Waals surface area contributed by atoms with E-state index in [1.54, 1.807) is 6.07 Å². The summed E-state index contributed by atoms with van der Waals surface area (Å²) in [4.78, 5) is 0. The van der Waals surface area contributed by atoms with Crippen molar-refractivity contribution in [2.24, 2.45) is 0 Å². The van der Waals surface area contributed by atoms with E-state index < -0.39 is 0 Å². The van der Waals surface area contributed by atoms with Crippen LogP contribution in [0.1, 0.15) is 19.3 Å². The molecule has 1 aromatic carbocycles. The molecule has 1 aromatic rings. The van der Waals surface area contributed by atoms with Gasteiger partial charge in [0.2, 0.25) is 0 Å². The molecule has 1 atom stereocenters. The van der Waals surface area contributed by atoms with Crippen molar-refractivity contribution < 1.29 is 0 Å². The number of hydrogen-bond acceptors (Lipinski definition) is 2. The summed E-state index contributed by atoms with van der Waals surface area (Å²) >= 11 is 11.9. The Bertz CT molecular complexity index is 349. The Labute approximate surface area is 106 Å². The maximum atomic E-state index is 6.06. The minimum Gasteiger partial charge on any atom is -0.384 e. The summed E-state index contributed by atoms with van der Waals surface area (Å²) in [5.74, 6) is 0. The van der Waals surface area contributed by atoms with Crippen LogP contribution in [0.5, 0.6) is 0 Å². The fraction of sp³-hybridized carbons (Fsp3) is 0.500. The fourth-order valence-corrected chi connectivity index (χ4v) is 2.49. The van der Waals surface area contributed by atoms with Crippen LogP contribution in [0.25, 0.3) is 0 Å². The van der Waals surface area contributed by atoms with Crippen molar-refractivity contribution in [3.05, 3.63) is 28.2 Å². The predicted octanol–water partition coefficient (Wildman–Crippen LogP) is 3.55. The second kappa shape index (κ2) is 5.76. The highest BCUT2D eigenvalue weighted by Crippen LogP contribution is 2.25.